The van der Waals surface area contributed by atoms with Crippen molar-refractivity contribution in [3.63, 3.8) is 0 Å². The number of ether oxygens (including phenoxy) is 1. The molecule has 122 valence electrons. The van der Waals surface area contributed by atoms with Crippen LogP contribution < -0.4 is 10.1 Å². The largest absolute Gasteiger partial charge is 0.497 e. The minimum Gasteiger partial charge on any atom is -0.497 e. The minimum absolute atomic E-state index is 0.0171. The molecule has 1 aliphatic heterocycles. The van der Waals surface area contributed by atoms with Crippen molar-refractivity contribution in [3.8, 4) is 5.75 Å². The van der Waals surface area contributed by atoms with Gasteiger partial charge in [-0.3, -0.25) is 4.57 Å². The first-order valence-electron chi connectivity index (χ1n) is 7.87. The van der Waals surface area contributed by atoms with Crippen molar-refractivity contribution in [2.24, 2.45) is 5.92 Å². The molecule has 3 unspecified atom stereocenters. The molecule has 0 radical (unpaired) electrons. The molecule has 5 nitrogen and oxygen atoms in total. The third-order valence-corrected chi connectivity index (χ3v) is 7.75. The van der Waals surface area contributed by atoms with Gasteiger partial charge in [-0.1, -0.05) is 12.1 Å². The quantitative estimate of drug-likeness (QED) is 0.779. The topological polar surface area (TPSA) is 56.8 Å². The number of piperidine rings is 1. The van der Waals surface area contributed by atoms with Crippen LogP contribution in [0.25, 0.3) is 0 Å². The number of fused-ring (bicyclic) bond motifs is 1. The molecule has 3 atom stereocenters. The molecule has 0 spiro atoms. The van der Waals surface area contributed by atoms with Gasteiger partial charge in [0.1, 0.15) is 5.75 Å². The first-order chi connectivity index (χ1) is 10.6. The average molecular weight is 325 g/mol. The summed E-state index contributed by atoms with van der Waals surface area (Å²) in [6, 6.07) is 7.91. The molecule has 1 aromatic carbocycles. The van der Waals surface area contributed by atoms with Crippen molar-refractivity contribution in [3.05, 3.63) is 29.8 Å². The van der Waals surface area contributed by atoms with E-state index in [0.717, 1.165) is 24.3 Å². The summed E-state index contributed by atoms with van der Waals surface area (Å²) in [5.74, 6) is 1.16. The van der Waals surface area contributed by atoms with E-state index in [9.17, 15) is 4.57 Å². The van der Waals surface area contributed by atoms with Crippen LogP contribution in [-0.2, 0) is 13.6 Å². The Bertz CT molecular complexity index is 583. The second-order valence-electron chi connectivity index (χ2n) is 5.84. The molecule has 22 heavy (non-hydrogen) atoms. The van der Waals surface area contributed by atoms with Crippen molar-refractivity contribution < 1.29 is 18.3 Å². The van der Waals surface area contributed by atoms with Gasteiger partial charge in [0.05, 0.1) is 25.5 Å². The zero-order chi connectivity index (χ0) is 15.8. The molecular weight excluding hydrogens is 301 g/mol. The molecule has 1 aliphatic carbocycles. The second kappa shape index (κ2) is 5.97. The van der Waals surface area contributed by atoms with Gasteiger partial charge in [-0.25, -0.2) is 0 Å². The molecule has 1 heterocycles. The lowest BCUT2D eigenvalue weighted by Crippen LogP contribution is -2.29. The van der Waals surface area contributed by atoms with E-state index in [-0.39, 0.29) is 6.04 Å². The molecule has 0 amide bonds. The Morgan fingerprint density at radius 2 is 2.05 bits per heavy atom. The summed E-state index contributed by atoms with van der Waals surface area (Å²) in [7, 11) is -1.50. The molecule has 3 rings (SSSR count). The van der Waals surface area contributed by atoms with Crippen molar-refractivity contribution in [2.75, 3.05) is 26.9 Å². The molecule has 2 fully saturated rings. The van der Waals surface area contributed by atoms with Gasteiger partial charge in [0.15, 0.2) is 0 Å². The van der Waals surface area contributed by atoms with Crippen molar-refractivity contribution in [1.82, 2.24) is 5.32 Å². The van der Waals surface area contributed by atoms with Crippen molar-refractivity contribution >= 4 is 7.60 Å². The molecular formula is C16H24NO4P. The lowest BCUT2D eigenvalue weighted by Gasteiger charge is -2.31. The molecule has 1 N–H and O–H groups in total. The van der Waals surface area contributed by atoms with Gasteiger partial charge in [-0.05, 0) is 50.4 Å². The van der Waals surface area contributed by atoms with Crippen LogP contribution in [-0.4, -0.2) is 32.0 Å². The molecule has 2 aliphatic rings. The number of methoxy groups -OCH3 is 1. The Morgan fingerprint density at radius 3 is 2.64 bits per heavy atom. The van der Waals surface area contributed by atoms with E-state index in [2.05, 4.69) is 5.32 Å². The van der Waals surface area contributed by atoms with Crippen LogP contribution in [0, 0.1) is 5.92 Å². The normalized spacial score (nSPS) is 30.1. The van der Waals surface area contributed by atoms with Crippen LogP contribution in [0.15, 0.2) is 24.3 Å². The van der Waals surface area contributed by atoms with Gasteiger partial charge in [-0.2, -0.15) is 0 Å². The Balaban J connectivity index is 1.97. The zero-order valence-electron chi connectivity index (χ0n) is 13.4. The Labute approximate surface area is 131 Å². The maximum absolute atomic E-state index is 13.4. The third kappa shape index (κ3) is 2.31. The molecule has 0 aromatic heterocycles. The predicted molar refractivity (Wildman–Crippen MR) is 85.4 cm³/mol. The van der Waals surface area contributed by atoms with Crippen LogP contribution >= 0.6 is 7.60 Å². The summed E-state index contributed by atoms with van der Waals surface area (Å²) in [5.41, 5.74) is 1.08. The minimum atomic E-state index is -3.15. The number of nitrogens with one attached hydrogen (secondary N) is 1. The molecule has 6 heteroatoms. The third-order valence-electron chi connectivity index (χ3n) is 4.72. The Kier molecular flexibility index (Phi) is 4.34. The van der Waals surface area contributed by atoms with Gasteiger partial charge in [0.25, 0.3) is 0 Å². The van der Waals surface area contributed by atoms with Crippen LogP contribution in [0.3, 0.4) is 0 Å². The van der Waals surface area contributed by atoms with E-state index in [1.807, 2.05) is 38.1 Å². The highest BCUT2D eigenvalue weighted by atomic mass is 31.2. The van der Waals surface area contributed by atoms with Gasteiger partial charge in [0, 0.05) is 6.04 Å². The van der Waals surface area contributed by atoms with Gasteiger partial charge in [0.2, 0.25) is 0 Å². The fourth-order valence-corrected chi connectivity index (χ4v) is 6.49. The standard InChI is InChI=1S/C16H24NO4P/c1-4-20-22(18,21-5-2)16-10-13(16)11-17-15(16)12-7-6-8-14(9-12)19-3/h6-9,13,15,17H,4-5,10-11H2,1-3H3. The van der Waals surface area contributed by atoms with Gasteiger partial charge in [-0.15, -0.1) is 0 Å². The predicted octanol–water partition coefficient (Wildman–Crippen LogP) is 3.36. The van der Waals surface area contributed by atoms with E-state index in [0.29, 0.717) is 19.1 Å². The molecule has 1 aromatic rings. The smallest absolute Gasteiger partial charge is 0.338 e. The highest BCUT2D eigenvalue weighted by molar-refractivity contribution is 7.56. The first kappa shape index (κ1) is 16.0. The fourth-order valence-electron chi connectivity index (χ4n) is 3.71. The van der Waals surface area contributed by atoms with Crippen LogP contribution in [0.5, 0.6) is 5.75 Å². The highest BCUT2D eigenvalue weighted by Crippen LogP contribution is 2.79. The fraction of sp³-hybridized carbons (Fsp3) is 0.625. The lowest BCUT2D eigenvalue weighted by atomic mass is 10.0. The second-order valence-corrected chi connectivity index (χ2v) is 8.19. The number of rotatable bonds is 7. The molecule has 1 saturated carbocycles. The maximum atomic E-state index is 13.4. The Hall–Kier alpha value is -0.870. The summed E-state index contributed by atoms with van der Waals surface area (Å²) >= 11 is 0. The number of hydrogen-bond donors (Lipinski definition) is 1. The van der Waals surface area contributed by atoms with Gasteiger partial charge < -0.3 is 19.1 Å². The van der Waals surface area contributed by atoms with Crippen LogP contribution in [0.4, 0.5) is 0 Å². The van der Waals surface area contributed by atoms with Crippen LogP contribution in [0.1, 0.15) is 31.9 Å². The van der Waals surface area contributed by atoms with Crippen molar-refractivity contribution in [1.29, 1.82) is 0 Å². The highest BCUT2D eigenvalue weighted by Gasteiger charge is 2.74. The summed E-state index contributed by atoms with van der Waals surface area (Å²) in [6.45, 7) is 5.38. The summed E-state index contributed by atoms with van der Waals surface area (Å²) < 4.78 is 30.1. The van der Waals surface area contributed by atoms with Crippen molar-refractivity contribution in [2.45, 2.75) is 31.5 Å². The van der Waals surface area contributed by atoms with E-state index in [4.69, 9.17) is 13.8 Å². The average Bonchev–Trinajstić information content (AvgIpc) is 3.15. The first-order valence-corrected chi connectivity index (χ1v) is 9.42. The number of benzene rings is 1. The van der Waals surface area contributed by atoms with E-state index in [1.165, 1.54) is 0 Å². The van der Waals surface area contributed by atoms with Gasteiger partial charge >= 0.3 is 7.60 Å². The molecule has 1 saturated heterocycles. The van der Waals surface area contributed by atoms with E-state index >= 15 is 0 Å². The van der Waals surface area contributed by atoms with E-state index < -0.39 is 12.8 Å². The van der Waals surface area contributed by atoms with Crippen LogP contribution in [0.2, 0.25) is 0 Å². The maximum Gasteiger partial charge on any atom is 0.338 e. The Morgan fingerprint density at radius 1 is 1.32 bits per heavy atom. The lowest BCUT2D eigenvalue weighted by molar-refractivity contribution is 0.204. The summed E-state index contributed by atoms with van der Waals surface area (Å²) in [5, 5.41) is 3.07. The number of hydrogen-bond acceptors (Lipinski definition) is 5. The summed E-state index contributed by atoms with van der Waals surface area (Å²) in [6.07, 6.45) is 0.888. The SMILES string of the molecule is CCOP(=O)(OCC)C12CC1CNC2c1cccc(OC)c1. The van der Waals surface area contributed by atoms with E-state index in [1.54, 1.807) is 7.11 Å². The monoisotopic (exact) mass is 325 g/mol. The zero-order valence-corrected chi connectivity index (χ0v) is 14.3. The summed E-state index contributed by atoms with van der Waals surface area (Å²) in [4.78, 5) is 0. The molecule has 0 bridgehead atoms.